The maximum Gasteiger partial charge on any atom is 0.319 e. The summed E-state index contributed by atoms with van der Waals surface area (Å²) in [5, 5.41) is 19.5. The van der Waals surface area contributed by atoms with Crippen LogP contribution >= 0.6 is 0 Å². The summed E-state index contributed by atoms with van der Waals surface area (Å²) in [6.07, 6.45) is 1.95. The molecule has 1 saturated heterocycles. The molecule has 0 aliphatic carbocycles. The van der Waals surface area contributed by atoms with Crippen molar-refractivity contribution >= 4 is 17.4 Å². The van der Waals surface area contributed by atoms with E-state index in [1.165, 1.54) is 12.1 Å². The van der Waals surface area contributed by atoms with Crippen LogP contribution in [0.3, 0.4) is 0 Å². The summed E-state index contributed by atoms with van der Waals surface area (Å²) in [5.41, 5.74) is 0.364. The highest BCUT2D eigenvalue weighted by Crippen LogP contribution is 2.17. The predicted octanol–water partition coefficient (Wildman–Crippen LogP) is 1.86. The molecule has 1 aromatic carbocycles. The van der Waals surface area contributed by atoms with Gasteiger partial charge in [0, 0.05) is 29.9 Å². The minimum atomic E-state index is -0.490. The fourth-order valence-electron chi connectivity index (χ4n) is 2.27. The molecule has 0 bridgehead atoms. The van der Waals surface area contributed by atoms with Gasteiger partial charge in [0.25, 0.3) is 5.69 Å². The lowest BCUT2D eigenvalue weighted by molar-refractivity contribution is -0.384. The van der Waals surface area contributed by atoms with E-state index >= 15 is 0 Å². The molecule has 108 valence electrons. The standard InChI is InChI=1S/C13H18N4O3/c1-9-12(6-3-7-14-9)16-13(18)15-10-4-2-5-11(8-10)17(19)20/h2,4-5,8-9,12,14H,3,6-7H2,1H3,(H2,15,16,18). The smallest absolute Gasteiger partial charge is 0.319 e. The predicted molar refractivity (Wildman–Crippen MR) is 75.7 cm³/mol. The highest BCUT2D eigenvalue weighted by Gasteiger charge is 2.22. The first-order chi connectivity index (χ1) is 9.56. The Morgan fingerprint density at radius 2 is 2.30 bits per heavy atom. The topological polar surface area (TPSA) is 96.3 Å². The Kier molecular flexibility index (Phi) is 4.52. The zero-order valence-corrected chi connectivity index (χ0v) is 11.3. The molecular weight excluding hydrogens is 260 g/mol. The highest BCUT2D eigenvalue weighted by atomic mass is 16.6. The molecule has 1 aliphatic rings. The second-order valence-corrected chi connectivity index (χ2v) is 4.90. The van der Waals surface area contributed by atoms with E-state index in [9.17, 15) is 14.9 Å². The molecule has 7 nitrogen and oxygen atoms in total. The summed E-state index contributed by atoms with van der Waals surface area (Å²) >= 11 is 0. The molecule has 2 atom stereocenters. The molecule has 7 heteroatoms. The summed E-state index contributed by atoms with van der Waals surface area (Å²) < 4.78 is 0. The fourth-order valence-corrected chi connectivity index (χ4v) is 2.27. The number of nitrogens with zero attached hydrogens (tertiary/aromatic N) is 1. The van der Waals surface area contributed by atoms with Gasteiger partial charge in [-0.3, -0.25) is 10.1 Å². The second-order valence-electron chi connectivity index (χ2n) is 4.90. The quantitative estimate of drug-likeness (QED) is 0.580. The Labute approximate surface area is 116 Å². The van der Waals surface area contributed by atoms with Gasteiger partial charge in [-0.15, -0.1) is 0 Å². The van der Waals surface area contributed by atoms with E-state index < -0.39 is 4.92 Å². The van der Waals surface area contributed by atoms with Crippen molar-refractivity contribution in [3.63, 3.8) is 0 Å². The van der Waals surface area contributed by atoms with Gasteiger partial charge in [0.1, 0.15) is 0 Å². The molecule has 0 saturated carbocycles. The average molecular weight is 278 g/mol. The molecule has 20 heavy (non-hydrogen) atoms. The number of nitro benzene ring substituents is 1. The molecule has 0 spiro atoms. The van der Waals surface area contributed by atoms with Gasteiger partial charge < -0.3 is 16.0 Å². The monoisotopic (exact) mass is 278 g/mol. The van der Waals surface area contributed by atoms with E-state index in [4.69, 9.17) is 0 Å². The van der Waals surface area contributed by atoms with Crippen LogP contribution in [0, 0.1) is 10.1 Å². The van der Waals surface area contributed by atoms with Crippen LogP contribution in [0.5, 0.6) is 0 Å². The third-order valence-electron chi connectivity index (χ3n) is 3.39. The highest BCUT2D eigenvalue weighted by molar-refractivity contribution is 5.89. The van der Waals surface area contributed by atoms with Gasteiger partial charge in [-0.25, -0.2) is 4.79 Å². The largest absolute Gasteiger partial charge is 0.334 e. The summed E-state index contributed by atoms with van der Waals surface area (Å²) in [6, 6.07) is 5.83. The molecule has 0 aromatic heterocycles. The normalized spacial score (nSPS) is 22.1. The van der Waals surface area contributed by atoms with Crippen molar-refractivity contribution in [2.75, 3.05) is 11.9 Å². The minimum absolute atomic E-state index is 0.0458. The van der Waals surface area contributed by atoms with Crippen LogP contribution in [0.25, 0.3) is 0 Å². The van der Waals surface area contributed by atoms with Crippen LogP contribution in [0.15, 0.2) is 24.3 Å². The summed E-state index contributed by atoms with van der Waals surface area (Å²) in [7, 11) is 0. The van der Waals surface area contributed by atoms with Gasteiger partial charge in [-0.05, 0) is 32.4 Å². The molecular formula is C13H18N4O3. The lowest BCUT2D eigenvalue weighted by Gasteiger charge is -2.30. The van der Waals surface area contributed by atoms with Crippen LogP contribution in [0.1, 0.15) is 19.8 Å². The number of rotatable bonds is 3. The fraction of sp³-hybridized carbons (Fsp3) is 0.462. The summed E-state index contributed by atoms with van der Waals surface area (Å²) in [5.74, 6) is 0. The Morgan fingerprint density at radius 3 is 3.00 bits per heavy atom. The zero-order chi connectivity index (χ0) is 14.5. The summed E-state index contributed by atoms with van der Waals surface area (Å²) in [4.78, 5) is 22.1. The number of nitro groups is 1. The van der Waals surface area contributed by atoms with E-state index in [0.717, 1.165) is 19.4 Å². The van der Waals surface area contributed by atoms with Gasteiger partial charge in [0.05, 0.1) is 4.92 Å². The van der Waals surface area contributed by atoms with Crippen LogP contribution in [0.2, 0.25) is 0 Å². The third kappa shape index (κ3) is 3.67. The van der Waals surface area contributed by atoms with E-state index in [2.05, 4.69) is 16.0 Å². The van der Waals surface area contributed by atoms with Crippen molar-refractivity contribution in [1.29, 1.82) is 0 Å². The molecule has 0 radical (unpaired) electrons. The van der Waals surface area contributed by atoms with Gasteiger partial charge in [0.15, 0.2) is 0 Å². The Bertz CT molecular complexity index is 506. The average Bonchev–Trinajstić information content (AvgIpc) is 2.41. The second kappa shape index (κ2) is 6.33. The van der Waals surface area contributed by atoms with Crippen molar-refractivity contribution in [2.24, 2.45) is 0 Å². The number of carbonyl (C=O) groups is 1. The van der Waals surface area contributed by atoms with Gasteiger partial charge >= 0.3 is 6.03 Å². The number of urea groups is 1. The van der Waals surface area contributed by atoms with Crippen LogP contribution in [-0.2, 0) is 0 Å². The van der Waals surface area contributed by atoms with E-state index in [0.29, 0.717) is 5.69 Å². The van der Waals surface area contributed by atoms with Gasteiger partial charge in [-0.1, -0.05) is 6.07 Å². The van der Waals surface area contributed by atoms with Crippen molar-refractivity contribution in [1.82, 2.24) is 10.6 Å². The van der Waals surface area contributed by atoms with E-state index in [1.54, 1.807) is 12.1 Å². The minimum Gasteiger partial charge on any atom is -0.334 e. The number of hydrogen-bond donors (Lipinski definition) is 3. The lowest BCUT2D eigenvalue weighted by atomic mass is 10.0. The first-order valence-corrected chi connectivity index (χ1v) is 6.61. The van der Waals surface area contributed by atoms with Crippen LogP contribution in [-0.4, -0.2) is 29.6 Å². The first kappa shape index (κ1) is 14.3. The molecule has 2 rings (SSSR count). The lowest BCUT2D eigenvalue weighted by Crippen LogP contribution is -2.52. The number of piperidine rings is 1. The number of hydrogen-bond acceptors (Lipinski definition) is 4. The van der Waals surface area contributed by atoms with Gasteiger partial charge in [-0.2, -0.15) is 0 Å². The van der Waals surface area contributed by atoms with E-state index in [1.807, 2.05) is 6.92 Å². The maximum absolute atomic E-state index is 11.9. The number of amides is 2. The Morgan fingerprint density at radius 1 is 1.50 bits per heavy atom. The molecule has 1 aliphatic heterocycles. The maximum atomic E-state index is 11.9. The Balaban J connectivity index is 1.94. The molecule has 2 unspecified atom stereocenters. The number of non-ortho nitro benzene ring substituents is 1. The molecule has 1 heterocycles. The molecule has 1 aromatic rings. The van der Waals surface area contributed by atoms with Crippen molar-refractivity contribution in [3.05, 3.63) is 34.4 Å². The summed E-state index contributed by atoms with van der Waals surface area (Å²) in [6.45, 7) is 2.99. The molecule has 1 fully saturated rings. The molecule has 2 amide bonds. The van der Waals surface area contributed by atoms with Crippen LogP contribution < -0.4 is 16.0 Å². The Hall–Kier alpha value is -2.15. The van der Waals surface area contributed by atoms with Crippen molar-refractivity contribution < 1.29 is 9.72 Å². The third-order valence-corrected chi connectivity index (χ3v) is 3.39. The van der Waals surface area contributed by atoms with Crippen molar-refractivity contribution in [3.8, 4) is 0 Å². The van der Waals surface area contributed by atoms with Crippen LogP contribution in [0.4, 0.5) is 16.2 Å². The SMILES string of the molecule is CC1NCCCC1NC(=O)Nc1cccc([N+](=O)[O-])c1. The van der Waals surface area contributed by atoms with Crippen molar-refractivity contribution in [2.45, 2.75) is 31.8 Å². The van der Waals surface area contributed by atoms with E-state index in [-0.39, 0.29) is 23.8 Å². The number of carbonyl (C=O) groups excluding carboxylic acids is 1. The number of benzene rings is 1. The zero-order valence-electron chi connectivity index (χ0n) is 11.3. The van der Waals surface area contributed by atoms with Gasteiger partial charge in [0.2, 0.25) is 0 Å². The first-order valence-electron chi connectivity index (χ1n) is 6.61. The number of nitrogens with one attached hydrogen (secondary N) is 3. The molecule has 3 N–H and O–H groups in total. The number of anilines is 1.